The summed E-state index contributed by atoms with van der Waals surface area (Å²) in [7, 11) is 0. The maximum absolute atomic E-state index is 11.7. The molecule has 2 N–H and O–H groups in total. The van der Waals surface area contributed by atoms with Crippen molar-refractivity contribution >= 4 is 23.2 Å². The van der Waals surface area contributed by atoms with Crippen LogP contribution in [-0.4, -0.2) is 18.5 Å². The van der Waals surface area contributed by atoms with Crippen molar-refractivity contribution in [3.63, 3.8) is 0 Å². The molecule has 5 heteroatoms. The normalized spacial score (nSPS) is 10.2. The molecule has 1 amide bonds. The number of nitrogens with zero attached hydrogens (tertiary/aromatic N) is 1. The van der Waals surface area contributed by atoms with Crippen LogP contribution in [0.3, 0.4) is 0 Å². The third-order valence-corrected chi connectivity index (χ3v) is 2.52. The molecule has 0 atom stereocenters. The summed E-state index contributed by atoms with van der Waals surface area (Å²) in [5.41, 5.74) is 0.865. The van der Waals surface area contributed by atoms with Crippen molar-refractivity contribution in [3.8, 4) is 6.07 Å². The topological polar surface area (TPSA) is 64.9 Å². The molecule has 0 saturated heterocycles. The number of amides is 1. The minimum atomic E-state index is -0.137. The van der Waals surface area contributed by atoms with Gasteiger partial charge in [0.1, 0.15) is 6.07 Å². The molecule has 0 heterocycles. The van der Waals surface area contributed by atoms with Crippen LogP contribution in [0, 0.1) is 11.3 Å². The molecule has 1 rings (SSSR count). The first-order valence-corrected chi connectivity index (χ1v) is 6.13. The van der Waals surface area contributed by atoms with E-state index in [-0.39, 0.29) is 5.91 Å². The van der Waals surface area contributed by atoms with Crippen LogP contribution in [0.5, 0.6) is 0 Å². The molecule has 1 aromatic carbocycles. The molecule has 4 nitrogen and oxygen atoms in total. The van der Waals surface area contributed by atoms with E-state index < -0.39 is 0 Å². The van der Waals surface area contributed by atoms with Crippen molar-refractivity contribution in [2.24, 2.45) is 0 Å². The minimum Gasteiger partial charge on any atom is -0.325 e. The first-order chi connectivity index (χ1) is 8.52. The Hall–Kier alpha value is -1.57. The molecule has 0 radical (unpaired) electrons. The number of nitriles is 1. The van der Waals surface area contributed by atoms with Gasteiger partial charge in [0.25, 0.3) is 0 Å². The van der Waals surface area contributed by atoms with Gasteiger partial charge in [0, 0.05) is 24.0 Å². The molecular formula is C13H16ClN3O. The van der Waals surface area contributed by atoms with Gasteiger partial charge in [-0.3, -0.25) is 4.79 Å². The van der Waals surface area contributed by atoms with Crippen LogP contribution in [0.1, 0.15) is 25.8 Å². The first kappa shape index (κ1) is 14.5. The number of rotatable bonds is 5. The molecule has 0 unspecified atom stereocenters. The van der Waals surface area contributed by atoms with Gasteiger partial charge < -0.3 is 10.6 Å². The van der Waals surface area contributed by atoms with E-state index in [2.05, 4.69) is 10.6 Å². The lowest BCUT2D eigenvalue weighted by Gasteiger charge is -2.09. The number of hydrogen-bond donors (Lipinski definition) is 2. The number of carbonyl (C=O) groups excluding carboxylic acids is 1. The van der Waals surface area contributed by atoms with Crippen LogP contribution in [0.15, 0.2) is 18.2 Å². The summed E-state index contributed by atoms with van der Waals surface area (Å²) in [5.74, 6) is -0.137. The molecule has 18 heavy (non-hydrogen) atoms. The molecule has 0 aromatic heterocycles. The monoisotopic (exact) mass is 265 g/mol. The van der Waals surface area contributed by atoms with Gasteiger partial charge in [0.05, 0.1) is 11.3 Å². The standard InChI is InChI=1S/C13H16ClN3O/c1-9(2)16-6-5-13(18)17-12-7-11(14)4-3-10(12)8-15/h3-4,7,9,16H,5-6H2,1-2H3,(H,17,18). The smallest absolute Gasteiger partial charge is 0.225 e. The summed E-state index contributed by atoms with van der Waals surface area (Å²) in [6.07, 6.45) is 0.357. The summed E-state index contributed by atoms with van der Waals surface area (Å²) in [5, 5.41) is 15.2. The molecule has 96 valence electrons. The van der Waals surface area contributed by atoms with E-state index in [1.807, 2.05) is 19.9 Å². The van der Waals surface area contributed by atoms with Gasteiger partial charge in [-0.25, -0.2) is 0 Å². The fourth-order valence-corrected chi connectivity index (χ4v) is 1.58. The summed E-state index contributed by atoms with van der Waals surface area (Å²) in [6.45, 7) is 4.64. The Morgan fingerprint density at radius 3 is 2.83 bits per heavy atom. The number of carbonyl (C=O) groups is 1. The number of anilines is 1. The van der Waals surface area contributed by atoms with E-state index in [0.29, 0.717) is 35.3 Å². The summed E-state index contributed by atoms with van der Waals surface area (Å²) >= 11 is 5.83. The third kappa shape index (κ3) is 4.74. The van der Waals surface area contributed by atoms with Crippen molar-refractivity contribution < 1.29 is 4.79 Å². The molecule has 0 bridgehead atoms. The number of halogens is 1. The minimum absolute atomic E-state index is 0.137. The predicted octanol–water partition coefficient (Wildman–Crippen LogP) is 2.54. The Kier molecular flexibility index (Phi) is 5.63. The van der Waals surface area contributed by atoms with Gasteiger partial charge in [-0.05, 0) is 18.2 Å². The second-order valence-corrected chi connectivity index (χ2v) is 4.65. The van der Waals surface area contributed by atoms with Gasteiger partial charge in [-0.15, -0.1) is 0 Å². The van der Waals surface area contributed by atoms with Gasteiger partial charge >= 0.3 is 0 Å². The van der Waals surface area contributed by atoms with E-state index in [9.17, 15) is 4.79 Å². The molecule has 0 fully saturated rings. The highest BCUT2D eigenvalue weighted by molar-refractivity contribution is 6.31. The largest absolute Gasteiger partial charge is 0.325 e. The highest BCUT2D eigenvalue weighted by Crippen LogP contribution is 2.20. The van der Waals surface area contributed by atoms with E-state index in [4.69, 9.17) is 16.9 Å². The molecular weight excluding hydrogens is 250 g/mol. The van der Waals surface area contributed by atoms with E-state index in [0.717, 1.165) is 0 Å². The van der Waals surface area contributed by atoms with Crippen LogP contribution in [-0.2, 0) is 4.79 Å². The second-order valence-electron chi connectivity index (χ2n) is 4.21. The van der Waals surface area contributed by atoms with Gasteiger partial charge in [-0.2, -0.15) is 5.26 Å². The van der Waals surface area contributed by atoms with Crippen LogP contribution < -0.4 is 10.6 Å². The number of benzene rings is 1. The summed E-state index contributed by atoms with van der Waals surface area (Å²) in [4.78, 5) is 11.7. The molecule has 0 spiro atoms. The fraction of sp³-hybridized carbons (Fsp3) is 0.385. The van der Waals surface area contributed by atoms with Crippen molar-refractivity contribution in [1.82, 2.24) is 5.32 Å². The van der Waals surface area contributed by atoms with Crippen molar-refractivity contribution in [2.45, 2.75) is 26.3 Å². The summed E-state index contributed by atoms with van der Waals surface area (Å²) < 4.78 is 0. The van der Waals surface area contributed by atoms with Gasteiger partial charge in [0.15, 0.2) is 0 Å². The lowest BCUT2D eigenvalue weighted by molar-refractivity contribution is -0.116. The maximum Gasteiger partial charge on any atom is 0.225 e. The maximum atomic E-state index is 11.7. The summed E-state index contributed by atoms with van der Waals surface area (Å²) in [6, 6.07) is 7.15. The van der Waals surface area contributed by atoms with E-state index in [1.54, 1.807) is 18.2 Å². The van der Waals surface area contributed by atoms with Crippen LogP contribution in [0.4, 0.5) is 5.69 Å². The Labute approximate surface area is 112 Å². The van der Waals surface area contributed by atoms with Crippen molar-refractivity contribution in [2.75, 3.05) is 11.9 Å². The zero-order valence-corrected chi connectivity index (χ0v) is 11.2. The molecule has 1 aromatic rings. The van der Waals surface area contributed by atoms with Crippen LogP contribution >= 0.6 is 11.6 Å². The van der Waals surface area contributed by atoms with Crippen molar-refractivity contribution in [3.05, 3.63) is 28.8 Å². The average molecular weight is 266 g/mol. The quantitative estimate of drug-likeness (QED) is 0.860. The van der Waals surface area contributed by atoms with Crippen LogP contribution in [0.25, 0.3) is 0 Å². The lowest BCUT2D eigenvalue weighted by atomic mass is 10.2. The van der Waals surface area contributed by atoms with E-state index in [1.165, 1.54) is 0 Å². The van der Waals surface area contributed by atoms with Crippen LogP contribution in [0.2, 0.25) is 5.02 Å². The highest BCUT2D eigenvalue weighted by atomic mass is 35.5. The molecule has 0 saturated carbocycles. The fourth-order valence-electron chi connectivity index (χ4n) is 1.40. The second kappa shape index (κ2) is 7.00. The number of hydrogen-bond acceptors (Lipinski definition) is 3. The zero-order chi connectivity index (χ0) is 13.5. The Morgan fingerprint density at radius 2 is 2.22 bits per heavy atom. The first-order valence-electron chi connectivity index (χ1n) is 5.76. The van der Waals surface area contributed by atoms with Gasteiger partial charge in [-0.1, -0.05) is 25.4 Å². The molecule has 0 aliphatic carbocycles. The average Bonchev–Trinajstić information content (AvgIpc) is 2.28. The molecule has 0 aliphatic heterocycles. The Bertz CT molecular complexity index is 466. The zero-order valence-electron chi connectivity index (χ0n) is 10.5. The van der Waals surface area contributed by atoms with Gasteiger partial charge in [0.2, 0.25) is 5.91 Å². The highest BCUT2D eigenvalue weighted by Gasteiger charge is 2.07. The number of nitrogens with one attached hydrogen (secondary N) is 2. The SMILES string of the molecule is CC(C)NCCC(=O)Nc1cc(Cl)ccc1C#N. The predicted molar refractivity (Wildman–Crippen MR) is 72.6 cm³/mol. The van der Waals surface area contributed by atoms with Crippen molar-refractivity contribution in [1.29, 1.82) is 5.26 Å². The lowest BCUT2D eigenvalue weighted by Crippen LogP contribution is -2.27. The third-order valence-electron chi connectivity index (χ3n) is 2.28. The Balaban J connectivity index is 2.59. The Morgan fingerprint density at radius 1 is 1.50 bits per heavy atom. The molecule has 0 aliphatic rings. The van der Waals surface area contributed by atoms with E-state index >= 15 is 0 Å².